The number of aromatic hydroxyl groups is 1. The molecule has 124 valence electrons. The zero-order valence-corrected chi connectivity index (χ0v) is 14.9. The normalized spacial score (nSPS) is 13.0. The zero-order valence-electron chi connectivity index (χ0n) is 13.2. The van der Waals surface area contributed by atoms with E-state index in [4.69, 9.17) is 9.05 Å². The number of phenolic OH excluding ortho intramolecular Hbond substituents is 1. The number of hydrogen-bond donors (Lipinski definition) is 1. The number of para-hydroxylation sites is 1. The van der Waals surface area contributed by atoms with Gasteiger partial charge in [0.1, 0.15) is 5.75 Å². The Morgan fingerprint density at radius 1 is 1.00 bits per heavy atom. The topological polar surface area (TPSA) is 55.8 Å². The van der Waals surface area contributed by atoms with E-state index >= 15 is 0 Å². The van der Waals surface area contributed by atoms with E-state index in [1.165, 1.54) is 0 Å². The molecule has 0 aliphatic rings. The molecule has 0 aromatic heterocycles. The molecule has 0 amide bonds. The largest absolute Gasteiger partial charge is 0.508 e. The zero-order chi connectivity index (χ0) is 16.7. The Kier molecular flexibility index (Phi) is 6.72. The Morgan fingerprint density at radius 3 is 2.13 bits per heavy atom. The van der Waals surface area contributed by atoms with E-state index < -0.39 is 6.80 Å². The molecule has 2 aromatic carbocycles. The van der Waals surface area contributed by atoms with Crippen LogP contribution in [-0.4, -0.2) is 18.3 Å². The van der Waals surface area contributed by atoms with Crippen LogP contribution in [0.25, 0.3) is 0 Å². The highest BCUT2D eigenvalue weighted by molar-refractivity contribution is 8.55. The van der Waals surface area contributed by atoms with Crippen molar-refractivity contribution in [3.63, 3.8) is 0 Å². The van der Waals surface area contributed by atoms with Crippen molar-refractivity contribution < 1.29 is 18.7 Å². The van der Waals surface area contributed by atoms with Crippen LogP contribution in [0.5, 0.6) is 5.75 Å². The highest BCUT2D eigenvalue weighted by atomic mass is 32.7. The molecule has 0 bridgehead atoms. The van der Waals surface area contributed by atoms with Gasteiger partial charge < -0.3 is 14.2 Å². The van der Waals surface area contributed by atoms with Crippen LogP contribution in [0.3, 0.4) is 0 Å². The average Bonchev–Trinajstić information content (AvgIpc) is 2.55. The fourth-order valence-corrected chi connectivity index (χ4v) is 6.33. The van der Waals surface area contributed by atoms with E-state index in [1.807, 2.05) is 42.5 Å². The minimum atomic E-state index is -3.32. The van der Waals surface area contributed by atoms with Gasteiger partial charge in [-0.25, -0.2) is 4.57 Å². The summed E-state index contributed by atoms with van der Waals surface area (Å²) in [6.07, 6.45) is 0. The lowest BCUT2D eigenvalue weighted by Gasteiger charge is -2.23. The van der Waals surface area contributed by atoms with Gasteiger partial charge in [0.05, 0.1) is 18.5 Å². The maximum Gasteiger partial charge on any atom is 0.390 e. The number of benzene rings is 2. The van der Waals surface area contributed by atoms with Crippen molar-refractivity contribution >= 4 is 18.2 Å². The molecule has 4 nitrogen and oxygen atoms in total. The van der Waals surface area contributed by atoms with Crippen LogP contribution in [-0.2, 0) is 13.6 Å². The van der Waals surface area contributed by atoms with Crippen LogP contribution in [0, 0.1) is 0 Å². The predicted octanol–water partition coefficient (Wildman–Crippen LogP) is 5.40. The minimum absolute atomic E-state index is 0.161. The molecule has 6 heteroatoms. The summed E-state index contributed by atoms with van der Waals surface area (Å²) in [4.78, 5) is 0. The highest BCUT2D eigenvalue weighted by Crippen LogP contribution is 2.67. The van der Waals surface area contributed by atoms with Crippen LogP contribution in [0.2, 0.25) is 0 Å². The molecular formula is C17H21O4PS. The molecule has 0 aliphatic carbocycles. The number of rotatable bonds is 8. The third kappa shape index (κ3) is 4.85. The van der Waals surface area contributed by atoms with Gasteiger partial charge in [-0.15, -0.1) is 0 Å². The van der Waals surface area contributed by atoms with Crippen LogP contribution < -0.4 is 0 Å². The van der Waals surface area contributed by atoms with E-state index in [1.54, 1.807) is 26.0 Å². The third-order valence-electron chi connectivity index (χ3n) is 3.13. The molecule has 1 N–H and O–H groups in total. The summed E-state index contributed by atoms with van der Waals surface area (Å²) in [5.41, 5.74) is 1.61. The van der Waals surface area contributed by atoms with E-state index in [0.29, 0.717) is 18.8 Å². The Balaban J connectivity index is 2.42. The van der Waals surface area contributed by atoms with E-state index in [9.17, 15) is 9.67 Å². The molecule has 1 atom stereocenters. The first kappa shape index (κ1) is 18.1. The molecule has 2 aromatic rings. The Hall–Kier alpha value is -1.26. The molecule has 2 rings (SSSR count). The van der Waals surface area contributed by atoms with Crippen LogP contribution >= 0.6 is 18.2 Å². The van der Waals surface area contributed by atoms with Crippen molar-refractivity contribution in [3.8, 4) is 5.75 Å². The van der Waals surface area contributed by atoms with Crippen molar-refractivity contribution in [2.75, 3.05) is 13.2 Å². The van der Waals surface area contributed by atoms with Gasteiger partial charge in [0.2, 0.25) is 0 Å². The summed E-state index contributed by atoms with van der Waals surface area (Å²) < 4.78 is 23.7. The summed E-state index contributed by atoms with van der Waals surface area (Å²) in [7, 11) is 0. The van der Waals surface area contributed by atoms with Gasteiger partial charge in [-0.1, -0.05) is 48.5 Å². The Labute approximate surface area is 141 Å². The van der Waals surface area contributed by atoms with Crippen LogP contribution in [0.1, 0.15) is 30.2 Å². The lowest BCUT2D eigenvalue weighted by atomic mass is 10.0. The summed E-state index contributed by atoms with van der Waals surface area (Å²) in [6, 6.07) is 16.7. The molecular weight excluding hydrogens is 331 g/mol. The molecule has 0 radical (unpaired) electrons. The molecule has 0 spiro atoms. The summed E-state index contributed by atoms with van der Waals surface area (Å²) in [5, 5.41) is 9.87. The number of hydrogen-bond acceptors (Lipinski definition) is 5. The smallest absolute Gasteiger partial charge is 0.390 e. The molecule has 23 heavy (non-hydrogen) atoms. The lowest BCUT2D eigenvalue weighted by molar-refractivity contribution is 0.236. The fourth-order valence-electron chi connectivity index (χ4n) is 2.18. The Bertz CT molecular complexity index is 653. The van der Waals surface area contributed by atoms with Crippen molar-refractivity contribution in [2.45, 2.75) is 19.1 Å². The molecule has 1 unspecified atom stereocenters. The monoisotopic (exact) mass is 352 g/mol. The number of phenols is 1. The summed E-state index contributed by atoms with van der Waals surface area (Å²) >= 11 is 1.11. The first-order valence-electron chi connectivity index (χ1n) is 7.50. The van der Waals surface area contributed by atoms with E-state index in [0.717, 1.165) is 16.9 Å². The van der Waals surface area contributed by atoms with E-state index in [-0.39, 0.29) is 11.0 Å². The lowest BCUT2D eigenvalue weighted by Crippen LogP contribution is -2.00. The molecule has 0 saturated carbocycles. The third-order valence-corrected chi connectivity index (χ3v) is 7.31. The molecule has 0 aliphatic heterocycles. The molecule has 0 saturated heterocycles. The van der Waals surface area contributed by atoms with Gasteiger partial charge in [0, 0.05) is 5.56 Å². The summed E-state index contributed by atoms with van der Waals surface area (Å²) in [5.74, 6) is 0.161. The van der Waals surface area contributed by atoms with Crippen molar-refractivity contribution in [2.24, 2.45) is 0 Å². The summed E-state index contributed by atoms with van der Waals surface area (Å²) in [6.45, 7) is 0.839. The molecule has 0 heterocycles. The quantitative estimate of drug-likeness (QED) is 0.645. The van der Waals surface area contributed by atoms with Crippen molar-refractivity contribution in [3.05, 3.63) is 65.7 Å². The van der Waals surface area contributed by atoms with Gasteiger partial charge in [-0.05, 0) is 36.9 Å². The van der Waals surface area contributed by atoms with E-state index in [2.05, 4.69) is 0 Å². The molecule has 0 fully saturated rings. The first-order valence-corrected chi connectivity index (χ1v) is 10.5. The first-order chi connectivity index (χ1) is 11.1. The minimum Gasteiger partial charge on any atom is -0.508 e. The second-order valence-corrected chi connectivity index (χ2v) is 8.80. The maximum atomic E-state index is 12.9. The predicted molar refractivity (Wildman–Crippen MR) is 94.8 cm³/mol. The van der Waals surface area contributed by atoms with Gasteiger partial charge in [-0.3, -0.25) is 0 Å². The second kappa shape index (κ2) is 8.55. The van der Waals surface area contributed by atoms with Crippen LogP contribution in [0.15, 0.2) is 54.6 Å². The average molecular weight is 352 g/mol. The highest BCUT2D eigenvalue weighted by Gasteiger charge is 2.32. The van der Waals surface area contributed by atoms with Gasteiger partial charge >= 0.3 is 6.80 Å². The maximum absolute atomic E-state index is 12.9. The van der Waals surface area contributed by atoms with Gasteiger partial charge in [0.15, 0.2) is 0 Å². The fraction of sp³-hybridized carbons (Fsp3) is 0.294. The second-order valence-electron chi connectivity index (χ2n) is 4.74. The standard InChI is InChI=1S/C17H21O4PS/c1-3-20-22(19,21-4-2)23-17(14-10-6-5-7-11-14)15-12-8-9-13-16(15)18/h5-13,17-18H,3-4H2,1-2H3. The van der Waals surface area contributed by atoms with Gasteiger partial charge in [-0.2, -0.15) is 0 Å². The SMILES string of the molecule is CCOP(=O)(OCC)SC(c1ccccc1)c1ccccc1O. The van der Waals surface area contributed by atoms with Crippen molar-refractivity contribution in [1.29, 1.82) is 0 Å². The van der Waals surface area contributed by atoms with Gasteiger partial charge in [0.25, 0.3) is 0 Å². The van der Waals surface area contributed by atoms with Crippen molar-refractivity contribution in [1.82, 2.24) is 0 Å². The Morgan fingerprint density at radius 2 is 1.57 bits per heavy atom. The van der Waals surface area contributed by atoms with Crippen LogP contribution in [0.4, 0.5) is 0 Å².